The minimum atomic E-state index is 0.381. The van der Waals surface area contributed by atoms with E-state index in [0.29, 0.717) is 17.5 Å². The van der Waals surface area contributed by atoms with E-state index >= 15 is 0 Å². The molecule has 0 unspecified atom stereocenters. The number of aryl methyl sites for hydroxylation is 2. The van der Waals surface area contributed by atoms with Crippen LogP contribution in [-0.2, 0) is 12.8 Å². The summed E-state index contributed by atoms with van der Waals surface area (Å²) in [5.41, 5.74) is 9.04. The van der Waals surface area contributed by atoms with Gasteiger partial charge in [0.25, 0.3) is 0 Å². The van der Waals surface area contributed by atoms with E-state index < -0.39 is 0 Å². The third kappa shape index (κ3) is 3.66. The van der Waals surface area contributed by atoms with Crippen molar-refractivity contribution in [1.29, 1.82) is 0 Å². The van der Waals surface area contributed by atoms with Crippen LogP contribution in [0.4, 0.5) is 0 Å². The largest absolute Gasteiger partial charge is 0.477 e. The fourth-order valence-electron chi connectivity index (χ4n) is 2.42. The maximum atomic E-state index is 5.79. The summed E-state index contributed by atoms with van der Waals surface area (Å²) in [4.78, 5) is 5.02. The zero-order valence-electron chi connectivity index (χ0n) is 11.6. The zero-order valence-corrected chi connectivity index (χ0v) is 12.4. The molecular weight excluding hydrogens is 256 g/mol. The Kier molecular flexibility index (Phi) is 5.14. The maximum Gasteiger partial charge on any atom is 0.224 e. The second-order valence-electron chi connectivity index (χ2n) is 5.07. The summed E-state index contributed by atoms with van der Waals surface area (Å²) in [5.74, 6) is 0.629. The third-order valence-electron chi connectivity index (χ3n) is 3.52. The van der Waals surface area contributed by atoms with Crippen molar-refractivity contribution in [2.24, 2.45) is 5.73 Å². The number of fused-ring (bicyclic) bond motifs is 1. The van der Waals surface area contributed by atoms with Crippen LogP contribution in [-0.4, -0.2) is 16.6 Å². The first-order valence-electron chi connectivity index (χ1n) is 7.17. The molecule has 0 bridgehead atoms. The highest BCUT2D eigenvalue weighted by atomic mass is 32.1. The van der Waals surface area contributed by atoms with Crippen LogP contribution in [0.5, 0.6) is 5.88 Å². The molecule has 1 aliphatic rings. The van der Waals surface area contributed by atoms with Crippen LogP contribution in [0.1, 0.15) is 55.8 Å². The minimum Gasteiger partial charge on any atom is -0.477 e. The average molecular weight is 278 g/mol. The van der Waals surface area contributed by atoms with Gasteiger partial charge in [0.05, 0.1) is 12.2 Å². The summed E-state index contributed by atoms with van der Waals surface area (Å²) >= 11 is 5.11. The van der Waals surface area contributed by atoms with E-state index in [2.05, 4.69) is 18.0 Å². The zero-order chi connectivity index (χ0) is 13.7. The van der Waals surface area contributed by atoms with Gasteiger partial charge in [-0.25, -0.2) is 4.98 Å². The molecule has 0 fully saturated rings. The van der Waals surface area contributed by atoms with Gasteiger partial charge < -0.3 is 10.5 Å². The molecule has 0 aromatic carbocycles. The molecule has 0 radical (unpaired) electrons. The third-order valence-corrected chi connectivity index (χ3v) is 3.74. The number of hydrogen-bond donors (Lipinski definition) is 1. The number of rotatable bonds is 6. The summed E-state index contributed by atoms with van der Waals surface area (Å²) in [7, 11) is 0. The molecule has 2 rings (SSSR count). The van der Waals surface area contributed by atoms with Crippen molar-refractivity contribution < 1.29 is 4.74 Å². The molecular formula is C15H22N2OS. The number of thiocarbonyl (C=S) groups is 1. The average Bonchev–Trinajstić information content (AvgIpc) is 2.42. The van der Waals surface area contributed by atoms with Crippen molar-refractivity contribution in [3.63, 3.8) is 0 Å². The number of pyridine rings is 1. The SMILES string of the molecule is CCCCCOc1nc2c(cc1C(N)=S)CCCC2. The molecule has 1 aliphatic carbocycles. The molecule has 3 nitrogen and oxygen atoms in total. The van der Waals surface area contributed by atoms with Crippen LogP contribution in [0, 0.1) is 0 Å². The number of nitrogens with zero attached hydrogens (tertiary/aromatic N) is 1. The molecule has 1 heterocycles. The Bertz CT molecular complexity index is 460. The van der Waals surface area contributed by atoms with Crippen molar-refractivity contribution in [3.8, 4) is 5.88 Å². The number of unbranched alkanes of at least 4 members (excludes halogenated alkanes) is 2. The molecule has 4 heteroatoms. The van der Waals surface area contributed by atoms with Gasteiger partial charge in [0, 0.05) is 5.69 Å². The Morgan fingerprint density at radius 2 is 2.16 bits per heavy atom. The maximum absolute atomic E-state index is 5.79. The molecule has 1 aromatic heterocycles. The van der Waals surface area contributed by atoms with E-state index in [-0.39, 0.29) is 0 Å². The summed E-state index contributed by atoms with van der Waals surface area (Å²) in [5, 5.41) is 0. The molecule has 0 amide bonds. The minimum absolute atomic E-state index is 0.381. The van der Waals surface area contributed by atoms with Crippen LogP contribution >= 0.6 is 12.2 Å². The molecule has 0 spiro atoms. The Morgan fingerprint density at radius 3 is 2.89 bits per heavy atom. The highest BCUT2D eigenvalue weighted by Gasteiger charge is 2.17. The van der Waals surface area contributed by atoms with E-state index in [4.69, 9.17) is 22.7 Å². The first kappa shape index (κ1) is 14.3. The molecule has 104 valence electrons. The highest BCUT2D eigenvalue weighted by Crippen LogP contribution is 2.26. The number of ether oxygens (including phenoxy) is 1. The lowest BCUT2D eigenvalue weighted by molar-refractivity contribution is 0.293. The van der Waals surface area contributed by atoms with Gasteiger partial charge in [-0.3, -0.25) is 0 Å². The van der Waals surface area contributed by atoms with Crippen molar-refractivity contribution in [2.75, 3.05) is 6.61 Å². The first-order valence-corrected chi connectivity index (χ1v) is 7.58. The lowest BCUT2D eigenvalue weighted by atomic mass is 9.95. The van der Waals surface area contributed by atoms with E-state index in [1.54, 1.807) is 0 Å². The van der Waals surface area contributed by atoms with Crippen molar-refractivity contribution in [3.05, 3.63) is 22.9 Å². The highest BCUT2D eigenvalue weighted by molar-refractivity contribution is 7.80. The summed E-state index contributed by atoms with van der Waals surface area (Å²) in [6.45, 7) is 2.87. The van der Waals surface area contributed by atoms with Gasteiger partial charge in [-0.15, -0.1) is 0 Å². The second kappa shape index (κ2) is 6.85. The summed E-state index contributed by atoms with van der Waals surface area (Å²) < 4.78 is 5.79. The van der Waals surface area contributed by atoms with E-state index in [0.717, 1.165) is 30.5 Å². The monoisotopic (exact) mass is 278 g/mol. The molecule has 0 atom stereocenters. The van der Waals surface area contributed by atoms with Gasteiger partial charge in [0.1, 0.15) is 4.99 Å². The first-order chi connectivity index (χ1) is 9.22. The summed E-state index contributed by atoms with van der Waals surface area (Å²) in [6, 6.07) is 2.08. The predicted octanol–water partition coefficient (Wildman–Crippen LogP) is 3.16. The quantitative estimate of drug-likeness (QED) is 0.641. The van der Waals surface area contributed by atoms with Crippen LogP contribution in [0.3, 0.4) is 0 Å². The molecule has 0 saturated carbocycles. The topological polar surface area (TPSA) is 48.1 Å². The fraction of sp³-hybridized carbons (Fsp3) is 0.600. The van der Waals surface area contributed by atoms with Crippen LogP contribution in [0.25, 0.3) is 0 Å². The van der Waals surface area contributed by atoms with E-state index in [1.807, 2.05) is 0 Å². The van der Waals surface area contributed by atoms with Gasteiger partial charge in [-0.05, 0) is 43.7 Å². The Balaban J connectivity index is 2.17. The van der Waals surface area contributed by atoms with Gasteiger partial charge in [-0.1, -0.05) is 32.0 Å². The smallest absolute Gasteiger partial charge is 0.224 e. The van der Waals surface area contributed by atoms with Gasteiger partial charge in [-0.2, -0.15) is 0 Å². The molecule has 2 N–H and O–H groups in total. The number of nitrogens with two attached hydrogens (primary N) is 1. The van der Waals surface area contributed by atoms with Crippen LogP contribution < -0.4 is 10.5 Å². The Morgan fingerprint density at radius 1 is 1.37 bits per heavy atom. The lowest BCUT2D eigenvalue weighted by Gasteiger charge is -2.18. The van der Waals surface area contributed by atoms with Gasteiger partial charge in [0.2, 0.25) is 5.88 Å². The standard InChI is InChI=1S/C15H22N2OS/c1-2-3-6-9-18-15-12(14(16)19)10-11-7-4-5-8-13(11)17-15/h10H,2-9H2,1H3,(H2,16,19). The van der Waals surface area contributed by atoms with E-state index in [9.17, 15) is 0 Å². The predicted molar refractivity (Wildman–Crippen MR) is 81.8 cm³/mol. The van der Waals surface area contributed by atoms with Gasteiger partial charge >= 0.3 is 0 Å². The normalized spacial score (nSPS) is 13.9. The van der Waals surface area contributed by atoms with Crippen LogP contribution in [0.2, 0.25) is 0 Å². The Labute approximate surface area is 120 Å². The van der Waals surface area contributed by atoms with Crippen molar-refractivity contribution in [2.45, 2.75) is 51.9 Å². The van der Waals surface area contributed by atoms with E-state index in [1.165, 1.54) is 31.2 Å². The fourth-order valence-corrected chi connectivity index (χ4v) is 2.57. The van der Waals surface area contributed by atoms with Crippen molar-refractivity contribution >= 4 is 17.2 Å². The molecule has 1 aromatic rings. The Hall–Kier alpha value is -1.16. The second-order valence-corrected chi connectivity index (χ2v) is 5.51. The number of hydrogen-bond acceptors (Lipinski definition) is 3. The molecule has 0 saturated heterocycles. The van der Waals surface area contributed by atoms with Crippen molar-refractivity contribution in [1.82, 2.24) is 4.98 Å². The molecule has 0 aliphatic heterocycles. The summed E-state index contributed by atoms with van der Waals surface area (Å²) in [6.07, 6.45) is 7.96. The number of aromatic nitrogens is 1. The molecule has 19 heavy (non-hydrogen) atoms. The van der Waals surface area contributed by atoms with Gasteiger partial charge in [0.15, 0.2) is 0 Å². The van der Waals surface area contributed by atoms with Crippen LogP contribution in [0.15, 0.2) is 6.07 Å². The lowest BCUT2D eigenvalue weighted by Crippen LogP contribution is -2.16.